The van der Waals surface area contributed by atoms with Crippen LogP contribution in [0, 0.1) is 6.92 Å². The molecule has 5 nitrogen and oxygen atoms in total. The van der Waals surface area contributed by atoms with Crippen molar-refractivity contribution in [2.45, 2.75) is 46.8 Å². The van der Waals surface area contributed by atoms with Gasteiger partial charge in [-0.2, -0.15) is 0 Å². The van der Waals surface area contributed by atoms with Gasteiger partial charge in [0.1, 0.15) is 5.75 Å². The van der Waals surface area contributed by atoms with Crippen molar-refractivity contribution >= 4 is 29.9 Å². The third-order valence-electron chi connectivity index (χ3n) is 3.51. The van der Waals surface area contributed by atoms with E-state index in [1.54, 1.807) is 7.11 Å². The maximum absolute atomic E-state index is 5.71. The van der Waals surface area contributed by atoms with Crippen LogP contribution >= 0.6 is 24.0 Å². The summed E-state index contributed by atoms with van der Waals surface area (Å²) >= 11 is 0. The van der Waals surface area contributed by atoms with Gasteiger partial charge >= 0.3 is 0 Å². The van der Waals surface area contributed by atoms with Crippen LogP contribution in [0.15, 0.2) is 23.2 Å². The van der Waals surface area contributed by atoms with Crippen LogP contribution in [0.2, 0.25) is 0 Å². The average molecular weight is 449 g/mol. The lowest BCUT2D eigenvalue weighted by molar-refractivity contribution is 0.0268. The molecule has 24 heavy (non-hydrogen) atoms. The third-order valence-corrected chi connectivity index (χ3v) is 3.51. The molecular weight excluding hydrogens is 417 g/mol. The average Bonchev–Trinajstić information content (AvgIpc) is 2.52. The lowest BCUT2D eigenvalue weighted by Crippen LogP contribution is -2.45. The van der Waals surface area contributed by atoms with Gasteiger partial charge in [0.25, 0.3) is 0 Å². The molecule has 0 aliphatic rings. The van der Waals surface area contributed by atoms with Crippen LogP contribution in [-0.4, -0.2) is 38.4 Å². The number of nitrogens with one attached hydrogen (secondary N) is 2. The number of guanidine groups is 1. The largest absolute Gasteiger partial charge is 0.494 e. The highest BCUT2D eigenvalue weighted by Crippen LogP contribution is 2.21. The monoisotopic (exact) mass is 449 g/mol. The molecule has 0 spiro atoms. The van der Waals surface area contributed by atoms with Crippen LogP contribution in [0.3, 0.4) is 0 Å². The van der Waals surface area contributed by atoms with E-state index in [2.05, 4.69) is 47.7 Å². The molecular formula is C18H32IN3O2. The van der Waals surface area contributed by atoms with Crippen LogP contribution in [0.5, 0.6) is 5.75 Å². The van der Waals surface area contributed by atoms with Gasteiger partial charge in [-0.3, -0.25) is 0 Å². The Bertz CT molecular complexity index is 519. The molecule has 0 saturated heterocycles. The molecule has 0 saturated carbocycles. The zero-order chi connectivity index (χ0) is 17.3. The zero-order valence-electron chi connectivity index (χ0n) is 15.7. The molecule has 1 rings (SSSR count). The van der Waals surface area contributed by atoms with E-state index in [-0.39, 0.29) is 29.6 Å². The number of methoxy groups -OCH3 is 1. The minimum Gasteiger partial charge on any atom is -0.494 e. The van der Waals surface area contributed by atoms with Gasteiger partial charge in [0.15, 0.2) is 5.96 Å². The molecule has 0 unspecified atom stereocenters. The van der Waals surface area contributed by atoms with Gasteiger partial charge in [0, 0.05) is 25.8 Å². The summed E-state index contributed by atoms with van der Waals surface area (Å²) in [6.45, 7) is 12.9. The van der Waals surface area contributed by atoms with Crippen molar-refractivity contribution in [2.75, 3.05) is 26.8 Å². The lowest BCUT2D eigenvalue weighted by atomic mass is 10.1. The summed E-state index contributed by atoms with van der Waals surface area (Å²) in [6.07, 6.45) is 0. The van der Waals surface area contributed by atoms with E-state index in [4.69, 9.17) is 9.47 Å². The second-order valence-electron chi connectivity index (χ2n) is 6.06. The summed E-state index contributed by atoms with van der Waals surface area (Å²) < 4.78 is 11.1. The molecule has 2 N–H and O–H groups in total. The number of benzene rings is 1. The molecule has 0 amide bonds. The molecule has 0 aliphatic heterocycles. The van der Waals surface area contributed by atoms with Crippen LogP contribution in [0.25, 0.3) is 0 Å². The Kier molecular flexibility index (Phi) is 11.0. The highest BCUT2D eigenvalue weighted by atomic mass is 127. The SMILES string of the molecule is CCNC(=NCc1ccc(C)cc1OCC)NCC(C)(C)OC.I. The Morgan fingerprint density at radius 2 is 1.92 bits per heavy atom. The van der Waals surface area contributed by atoms with Crippen molar-refractivity contribution in [3.8, 4) is 5.75 Å². The molecule has 138 valence electrons. The predicted octanol–water partition coefficient (Wildman–Crippen LogP) is 3.49. The summed E-state index contributed by atoms with van der Waals surface area (Å²) in [5, 5.41) is 6.57. The topological polar surface area (TPSA) is 54.9 Å². The Hall–Kier alpha value is -1.02. The molecule has 0 bridgehead atoms. The molecule has 0 heterocycles. The Labute approximate surface area is 163 Å². The highest BCUT2D eigenvalue weighted by Gasteiger charge is 2.16. The quantitative estimate of drug-likeness (QED) is 0.363. The van der Waals surface area contributed by atoms with Gasteiger partial charge in [-0.1, -0.05) is 12.1 Å². The van der Waals surface area contributed by atoms with Crippen molar-refractivity contribution in [3.63, 3.8) is 0 Å². The van der Waals surface area contributed by atoms with Crippen LogP contribution < -0.4 is 15.4 Å². The Morgan fingerprint density at radius 1 is 1.21 bits per heavy atom. The molecule has 1 aromatic carbocycles. The van der Waals surface area contributed by atoms with Crippen molar-refractivity contribution in [3.05, 3.63) is 29.3 Å². The Balaban J connectivity index is 0.00000529. The van der Waals surface area contributed by atoms with Gasteiger partial charge in [-0.05, 0) is 46.2 Å². The first-order valence-corrected chi connectivity index (χ1v) is 8.21. The second kappa shape index (κ2) is 11.5. The van der Waals surface area contributed by atoms with Crippen molar-refractivity contribution < 1.29 is 9.47 Å². The van der Waals surface area contributed by atoms with Crippen molar-refractivity contribution in [1.82, 2.24) is 10.6 Å². The highest BCUT2D eigenvalue weighted by molar-refractivity contribution is 14.0. The van der Waals surface area contributed by atoms with Crippen molar-refractivity contribution in [1.29, 1.82) is 0 Å². The van der Waals surface area contributed by atoms with Crippen LogP contribution in [-0.2, 0) is 11.3 Å². The first-order valence-electron chi connectivity index (χ1n) is 8.21. The number of aryl methyl sites for hydroxylation is 1. The Morgan fingerprint density at radius 3 is 2.50 bits per heavy atom. The fourth-order valence-electron chi connectivity index (χ4n) is 1.96. The number of rotatable bonds is 8. The van der Waals surface area contributed by atoms with E-state index in [1.165, 1.54) is 5.56 Å². The fraction of sp³-hybridized carbons (Fsp3) is 0.611. The molecule has 1 aromatic rings. The van der Waals surface area contributed by atoms with Gasteiger partial charge in [-0.15, -0.1) is 24.0 Å². The van der Waals surface area contributed by atoms with Crippen LogP contribution in [0.4, 0.5) is 0 Å². The summed E-state index contributed by atoms with van der Waals surface area (Å²) in [6, 6.07) is 6.22. The molecule has 0 radical (unpaired) electrons. The number of ether oxygens (including phenoxy) is 2. The van der Waals surface area contributed by atoms with Gasteiger partial charge in [0.2, 0.25) is 0 Å². The number of hydrogen-bond acceptors (Lipinski definition) is 3. The number of halogens is 1. The number of hydrogen-bond donors (Lipinski definition) is 2. The van der Waals surface area contributed by atoms with Gasteiger partial charge in [0.05, 0.1) is 18.8 Å². The van der Waals surface area contributed by atoms with Gasteiger partial charge < -0.3 is 20.1 Å². The molecule has 0 aliphatic carbocycles. The third kappa shape index (κ3) is 8.19. The summed E-state index contributed by atoms with van der Waals surface area (Å²) in [4.78, 5) is 4.65. The lowest BCUT2D eigenvalue weighted by Gasteiger charge is -2.24. The minimum absolute atomic E-state index is 0. The molecule has 0 fully saturated rings. The first-order chi connectivity index (χ1) is 10.9. The maximum Gasteiger partial charge on any atom is 0.191 e. The van der Waals surface area contributed by atoms with Crippen molar-refractivity contribution in [2.24, 2.45) is 4.99 Å². The molecule has 0 atom stereocenters. The standard InChI is InChI=1S/C18H31N3O2.HI/c1-7-19-17(21-13-18(4,5)22-6)20-12-15-10-9-14(3)11-16(15)23-8-2;/h9-11H,7-8,12-13H2,1-6H3,(H2,19,20,21);1H. The molecule has 0 aromatic heterocycles. The van der Waals surface area contributed by atoms with E-state index >= 15 is 0 Å². The normalized spacial score (nSPS) is 11.7. The maximum atomic E-state index is 5.71. The van der Waals surface area contributed by atoms with E-state index in [9.17, 15) is 0 Å². The summed E-state index contributed by atoms with van der Waals surface area (Å²) in [7, 11) is 1.71. The smallest absolute Gasteiger partial charge is 0.191 e. The number of aliphatic imine (C=N–C) groups is 1. The number of nitrogens with zero attached hydrogens (tertiary/aromatic N) is 1. The minimum atomic E-state index is -0.240. The van der Waals surface area contributed by atoms with E-state index in [1.807, 2.05) is 20.8 Å². The first kappa shape index (κ1) is 23.0. The molecule has 6 heteroatoms. The summed E-state index contributed by atoms with van der Waals surface area (Å²) in [5.41, 5.74) is 2.03. The van der Waals surface area contributed by atoms with E-state index in [0.717, 1.165) is 23.8 Å². The van der Waals surface area contributed by atoms with Gasteiger partial charge in [-0.25, -0.2) is 4.99 Å². The predicted molar refractivity (Wildman–Crippen MR) is 112 cm³/mol. The van der Waals surface area contributed by atoms with E-state index < -0.39 is 0 Å². The van der Waals surface area contributed by atoms with Crippen LogP contribution in [0.1, 0.15) is 38.8 Å². The fourth-order valence-corrected chi connectivity index (χ4v) is 1.96. The second-order valence-corrected chi connectivity index (χ2v) is 6.06. The summed E-state index contributed by atoms with van der Waals surface area (Å²) in [5.74, 6) is 1.69. The zero-order valence-corrected chi connectivity index (χ0v) is 18.1. The van der Waals surface area contributed by atoms with E-state index in [0.29, 0.717) is 19.7 Å².